The average molecular weight is 368 g/mol. The van der Waals surface area contributed by atoms with E-state index in [0.717, 1.165) is 5.56 Å². The Kier molecular flexibility index (Phi) is 5.48. The number of benzene rings is 2. The SMILES string of the molecule is O=C(CCSCc1cc(Cl)c2c(c1)OCO2)Nc1ccccc1F. The van der Waals surface area contributed by atoms with Crippen LogP contribution in [-0.4, -0.2) is 18.5 Å². The molecule has 1 heterocycles. The van der Waals surface area contributed by atoms with E-state index in [-0.39, 0.29) is 18.4 Å². The van der Waals surface area contributed by atoms with Gasteiger partial charge in [-0.05, 0) is 29.8 Å². The highest BCUT2D eigenvalue weighted by molar-refractivity contribution is 7.98. The lowest BCUT2D eigenvalue weighted by molar-refractivity contribution is -0.115. The third kappa shape index (κ3) is 4.13. The molecule has 0 saturated carbocycles. The summed E-state index contributed by atoms with van der Waals surface area (Å²) in [5.74, 6) is 1.89. The molecule has 1 amide bonds. The van der Waals surface area contributed by atoms with Gasteiger partial charge in [0.15, 0.2) is 11.5 Å². The van der Waals surface area contributed by atoms with Crippen LogP contribution >= 0.6 is 23.4 Å². The van der Waals surface area contributed by atoms with Crippen molar-refractivity contribution in [3.63, 3.8) is 0 Å². The first-order valence-electron chi connectivity index (χ1n) is 7.33. The Morgan fingerprint density at radius 2 is 2.12 bits per heavy atom. The van der Waals surface area contributed by atoms with Crippen LogP contribution in [-0.2, 0) is 10.5 Å². The van der Waals surface area contributed by atoms with Gasteiger partial charge in [-0.15, -0.1) is 0 Å². The smallest absolute Gasteiger partial charge is 0.231 e. The van der Waals surface area contributed by atoms with Gasteiger partial charge in [0, 0.05) is 17.9 Å². The van der Waals surface area contributed by atoms with Crippen LogP contribution in [0.25, 0.3) is 0 Å². The number of thioether (sulfide) groups is 1. The van der Waals surface area contributed by atoms with Gasteiger partial charge in [-0.25, -0.2) is 4.39 Å². The number of carbonyl (C=O) groups is 1. The van der Waals surface area contributed by atoms with Crippen LogP contribution < -0.4 is 14.8 Å². The third-order valence-corrected chi connectivity index (χ3v) is 4.69. The fourth-order valence-corrected chi connectivity index (χ4v) is 3.40. The summed E-state index contributed by atoms with van der Waals surface area (Å²) in [7, 11) is 0. The van der Waals surface area contributed by atoms with Crippen molar-refractivity contribution in [2.24, 2.45) is 0 Å². The maximum Gasteiger partial charge on any atom is 0.231 e. The third-order valence-electron chi connectivity index (χ3n) is 3.38. The van der Waals surface area contributed by atoms with Crippen molar-refractivity contribution in [1.82, 2.24) is 0 Å². The molecule has 7 heteroatoms. The normalized spacial score (nSPS) is 12.2. The van der Waals surface area contributed by atoms with E-state index >= 15 is 0 Å². The van der Waals surface area contributed by atoms with E-state index < -0.39 is 5.82 Å². The largest absolute Gasteiger partial charge is 0.454 e. The number of ether oxygens (including phenoxy) is 2. The van der Waals surface area contributed by atoms with Crippen molar-refractivity contribution in [2.45, 2.75) is 12.2 Å². The summed E-state index contributed by atoms with van der Waals surface area (Å²) in [6, 6.07) is 9.83. The number of fused-ring (bicyclic) bond motifs is 1. The quantitative estimate of drug-likeness (QED) is 0.765. The highest BCUT2D eigenvalue weighted by atomic mass is 35.5. The monoisotopic (exact) mass is 367 g/mol. The number of amides is 1. The van der Waals surface area contributed by atoms with Gasteiger partial charge in [0.25, 0.3) is 0 Å². The molecule has 1 aliphatic heterocycles. The average Bonchev–Trinajstić information content (AvgIpc) is 3.03. The predicted molar refractivity (Wildman–Crippen MR) is 93.4 cm³/mol. The molecule has 1 aliphatic rings. The zero-order valence-corrected chi connectivity index (χ0v) is 14.3. The maximum absolute atomic E-state index is 13.5. The number of halogens is 2. The zero-order chi connectivity index (χ0) is 16.9. The molecule has 0 fully saturated rings. The molecule has 0 spiro atoms. The van der Waals surface area contributed by atoms with Gasteiger partial charge in [0.1, 0.15) is 5.82 Å². The Hall–Kier alpha value is -1.92. The molecular formula is C17H15ClFNO3S. The second kappa shape index (κ2) is 7.77. The second-order valence-electron chi connectivity index (χ2n) is 5.14. The summed E-state index contributed by atoms with van der Waals surface area (Å²) in [5.41, 5.74) is 1.21. The summed E-state index contributed by atoms with van der Waals surface area (Å²) < 4.78 is 24.0. The molecule has 3 rings (SSSR count). The lowest BCUT2D eigenvalue weighted by Gasteiger charge is -2.07. The van der Waals surface area contributed by atoms with E-state index in [0.29, 0.717) is 34.4 Å². The van der Waals surface area contributed by atoms with Crippen LogP contribution in [0.5, 0.6) is 11.5 Å². The van der Waals surface area contributed by atoms with E-state index in [1.807, 2.05) is 12.1 Å². The van der Waals surface area contributed by atoms with Crippen molar-refractivity contribution >= 4 is 35.0 Å². The van der Waals surface area contributed by atoms with Gasteiger partial charge < -0.3 is 14.8 Å². The van der Waals surface area contributed by atoms with Gasteiger partial charge in [0.2, 0.25) is 12.7 Å². The summed E-state index contributed by atoms with van der Waals surface area (Å²) in [4.78, 5) is 11.8. The van der Waals surface area contributed by atoms with Crippen LogP contribution in [0.2, 0.25) is 5.02 Å². The van der Waals surface area contributed by atoms with Crippen molar-refractivity contribution in [1.29, 1.82) is 0 Å². The van der Waals surface area contributed by atoms with Gasteiger partial charge in [-0.1, -0.05) is 23.7 Å². The molecule has 2 aromatic rings. The first-order valence-corrected chi connectivity index (χ1v) is 8.87. The molecule has 2 aromatic carbocycles. The molecule has 0 unspecified atom stereocenters. The van der Waals surface area contributed by atoms with Crippen LogP contribution in [0.1, 0.15) is 12.0 Å². The number of carbonyl (C=O) groups excluding carboxylic acids is 1. The van der Waals surface area contributed by atoms with E-state index in [1.54, 1.807) is 23.9 Å². The molecule has 126 valence electrons. The number of anilines is 1. The van der Waals surface area contributed by atoms with E-state index in [9.17, 15) is 9.18 Å². The molecule has 0 bridgehead atoms. The van der Waals surface area contributed by atoms with Crippen LogP contribution in [0.3, 0.4) is 0 Å². The van der Waals surface area contributed by atoms with E-state index in [1.165, 1.54) is 12.1 Å². The topological polar surface area (TPSA) is 47.6 Å². The molecule has 0 radical (unpaired) electrons. The second-order valence-corrected chi connectivity index (χ2v) is 6.65. The number of para-hydroxylation sites is 1. The maximum atomic E-state index is 13.5. The van der Waals surface area contributed by atoms with Crippen molar-refractivity contribution in [3.8, 4) is 11.5 Å². The number of nitrogens with one attached hydrogen (secondary N) is 1. The number of hydrogen-bond acceptors (Lipinski definition) is 4. The standard InChI is InChI=1S/C17H15ClFNO3S/c18-12-7-11(8-15-17(12)23-10-22-15)9-24-6-5-16(21)20-14-4-2-1-3-13(14)19/h1-4,7-8H,5-6,9-10H2,(H,20,21). The summed E-state index contributed by atoms with van der Waals surface area (Å²) in [6.07, 6.45) is 0.303. The summed E-state index contributed by atoms with van der Waals surface area (Å²) >= 11 is 7.72. The highest BCUT2D eigenvalue weighted by Crippen LogP contribution is 2.40. The van der Waals surface area contributed by atoms with Crippen LogP contribution in [0.15, 0.2) is 36.4 Å². The molecule has 0 saturated heterocycles. The molecule has 0 atom stereocenters. The Bertz CT molecular complexity index is 757. The Morgan fingerprint density at radius 1 is 1.29 bits per heavy atom. The number of hydrogen-bond donors (Lipinski definition) is 1. The van der Waals surface area contributed by atoms with Gasteiger partial charge in [-0.2, -0.15) is 11.8 Å². The minimum Gasteiger partial charge on any atom is -0.454 e. The molecular weight excluding hydrogens is 353 g/mol. The molecule has 0 aromatic heterocycles. The fourth-order valence-electron chi connectivity index (χ4n) is 2.23. The molecule has 1 N–H and O–H groups in total. The lowest BCUT2D eigenvalue weighted by atomic mass is 10.2. The highest BCUT2D eigenvalue weighted by Gasteiger charge is 2.18. The summed E-state index contributed by atoms with van der Waals surface area (Å²) in [6.45, 7) is 0.182. The summed E-state index contributed by atoms with van der Waals surface area (Å²) in [5, 5.41) is 3.09. The van der Waals surface area contributed by atoms with Crippen molar-refractivity contribution in [2.75, 3.05) is 17.9 Å². The van der Waals surface area contributed by atoms with Gasteiger partial charge >= 0.3 is 0 Å². The predicted octanol–water partition coefficient (Wildman–Crippen LogP) is 4.47. The molecule has 4 nitrogen and oxygen atoms in total. The minimum atomic E-state index is -0.437. The molecule has 0 aliphatic carbocycles. The lowest BCUT2D eigenvalue weighted by Crippen LogP contribution is -2.13. The van der Waals surface area contributed by atoms with Crippen LogP contribution in [0, 0.1) is 5.82 Å². The Balaban J connectivity index is 1.45. The van der Waals surface area contributed by atoms with Gasteiger partial charge in [0.05, 0.1) is 10.7 Å². The fraction of sp³-hybridized carbons (Fsp3) is 0.235. The Morgan fingerprint density at radius 3 is 2.96 bits per heavy atom. The van der Waals surface area contributed by atoms with E-state index in [2.05, 4.69) is 5.32 Å². The zero-order valence-electron chi connectivity index (χ0n) is 12.7. The van der Waals surface area contributed by atoms with Crippen LogP contribution in [0.4, 0.5) is 10.1 Å². The van der Waals surface area contributed by atoms with E-state index in [4.69, 9.17) is 21.1 Å². The van der Waals surface area contributed by atoms with Crippen molar-refractivity contribution < 1.29 is 18.7 Å². The first kappa shape index (κ1) is 16.9. The van der Waals surface area contributed by atoms with Gasteiger partial charge in [-0.3, -0.25) is 4.79 Å². The first-order chi connectivity index (χ1) is 11.6. The molecule has 24 heavy (non-hydrogen) atoms. The Labute approximate surface area is 148 Å². The van der Waals surface area contributed by atoms with Crippen molar-refractivity contribution in [3.05, 3.63) is 52.8 Å². The number of rotatable bonds is 6. The minimum absolute atomic E-state index is 0.182.